The van der Waals surface area contributed by atoms with Gasteiger partial charge in [-0.05, 0) is 27.9 Å². The fourth-order valence-corrected chi connectivity index (χ4v) is 2.39. The first kappa shape index (κ1) is 12.0. The fraction of sp³-hybridized carbons (Fsp3) is 0.500. The maximum atomic E-state index is 4.17. The Bertz CT molecular complexity index is 320. The molecule has 0 atom stereocenters. The minimum Gasteiger partial charge on any atom is -0.267 e. The molecule has 0 saturated heterocycles. The van der Waals surface area contributed by atoms with Gasteiger partial charge in [0.2, 0.25) is 0 Å². The molecule has 4 heteroatoms. The molecule has 78 valence electrons. The second-order valence-corrected chi connectivity index (χ2v) is 4.92. The Labute approximate surface area is 102 Å². The number of hydrogen-bond acceptors (Lipinski definition) is 1. The van der Waals surface area contributed by atoms with Crippen molar-refractivity contribution in [2.45, 2.75) is 13.8 Å². The number of halogens is 2. The van der Waals surface area contributed by atoms with Gasteiger partial charge < -0.3 is 0 Å². The SMILES string of the molecule is CC(C)/C(=C/c1c(Br)cnn1C)CBr. The third-order valence-electron chi connectivity index (χ3n) is 2.16. The Kier molecular flexibility index (Phi) is 4.38. The molecule has 14 heavy (non-hydrogen) atoms. The molecule has 1 aromatic heterocycles. The summed E-state index contributed by atoms with van der Waals surface area (Å²) in [5.74, 6) is 0.552. The number of hydrogen-bond donors (Lipinski definition) is 0. The lowest BCUT2D eigenvalue weighted by Crippen LogP contribution is -1.98. The zero-order valence-electron chi connectivity index (χ0n) is 8.59. The average Bonchev–Trinajstić information content (AvgIpc) is 2.43. The quantitative estimate of drug-likeness (QED) is 0.777. The van der Waals surface area contributed by atoms with Crippen LogP contribution >= 0.6 is 31.9 Å². The molecule has 2 nitrogen and oxygen atoms in total. The van der Waals surface area contributed by atoms with E-state index >= 15 is 0 Å². The summed E-state index contributed by atoms with van der Waals surface area (Å²) in [6.07, 6.45) is 3.99. The average molecular weight is 322 g/mol. The smallest absolute Gasteiger partial charge is 0.0748 e. The summed E-state index contributed by atoms with van der Waals surface area (Å²) in [7, 11) is 1.95. The Morgan fingerprint density at radius 2 is 2.29 bits per heavy atom. The molecule has 0 bridgehead atoms. The molecule has 0 amide bonds. The highest BCUT2D eigenvalue weighted by Gasteiger charge is 2.06. The van der Waals surface area contributed by atoms with Gasteiger partial charge in [0.25, 0.3) is 0 Å². The van der Waals surface area contributed by atoms with Crippen molar-refractivity contribution < 1.29 is 0 Å². The molecule has 0 spiro atoms. The van der Waals surface area contributed by atoms with E-state index in [9.17, 15) is 0 Å². The van der Waals surface area contributed by atoms with Gasteiger partial charge in [-0.3, -0.25) is 4.68 Å². The summed E-state index contributed by atoms with van der Waals surface area (Å²) in [5.41, 5.74) is 2.49. The Morgan fingerprint density at radius 1 is 1.64 bits per heavy atom. The maximum Gasteiger partial charge on any atom is 0.0748 e. The van der Waals surface area contributed by atoms with Crippen LogP contribution in [-0.4, -0.2) is 15.1 Å². The van der Waals surface area contributed by atoms with Crippen molar-refractivity contribution in [1.29, 1.82) is 0 Å². The van der Waals surface area contributed by atoms with Crippen molar-refractivity contribution in [3.63, 3.8) is 0 Å². The Balaban J connectivity index is 3.05. The van der Waals surface area contributed by atoms with E-state index in [1.807, 2.05) is 17.9 Å². The van der Waals surface area contributed by atoms with Crippen molar-refractivity contribution in [2.24, 2.45) is 13.0 Å². The molecule has 1 rings (SSSR count). The maximum absolute atomic E-state index is 4.17. The van der Waals surface area contributed by atoms with Gasteiger partial charge in [0.05, 0.1) is 16.4 Å². The molecule has 0 aliphatic heterocycles. The number of alkyl halides is 1. The van der Waals surface area contributed by atoms with E-state index in [2.05, 4.69) is 56.9 Å². The second kappa shape index (κ2) is 5.12. The lowest BCUT2D eigenvalue weighted by Gasteiger charge is -2.08. The molecule has 1 heterocycles. The van der Waals surface area contributed by atoms with E-state index < -0.39 is 0 Å². The molecular formula is C10H14Br2N2. The third kappa shape index (κ3) is 2.70. The van der Waals surface area contributed by atoms with E-state index in [1.54, 1.807) is 0 Å². The van der Waals surface area contributed by atoms with Crippen molar-refractivity contribution in [3.05, 3.63) is 21.9 Å². The summed E-state index contributed by atoms with van der Waals surface area (Å²) in [5, 5.41) is 5.08. The zero-order chi connectivity index (χ0) is 10.7. The minimum atomic E-state index is 0.552. The van der Waals surface area contributed by atoms with Crippen molar-refractivity contribution in [2.75, 3.05) is 5.33 Å². The second-order valence-electron chi connectivity index (χ2n) is 3.51. The van der Waals surface area contributed by atoms with Crippen LogP contribution in [0.4, 0.5) is 0 Å². The van der Waals surface area contributed by atoms with Gasteiger partial charge in [-0.2, -0.15) is 5.10 Å². The lowest BCUT2D eigenvalue weighted by atomic mass is 10.0. The van der Waals surface area contributed by atoms with Gasteiger partial charge in [-0.1, -0.05) is 35.4 Å². The van der Waals surface area contributed by atoms with Crippen LogP contribution in [0.3, 0.4) is 0 Å². The molecular weight excluding hydrogens is 308 g/mol. The standard InChI is InChI=1S/C10H14Br2N2/c1-7(2)8(5-11)4-10-9(12)6-13-14(10)3/h4,6-7H,5H2,1-3H3/b8-4+. The van der Waals surface area contributed by atoms with Crippen LogP contribution in [0.25, 0.3) is 6.08 Å². The van der Waals surface area contributed by atoms with E-state index in [4.69, 9.17) is 0 Å². The molecule has 0 aliphatic carbocycles. The van der Waals surface area contributed by atoms with Crippen LogP contribution in [0.5, 0.6) is 0 Å². The topological polar surface area (TPSA) is 17.8 Å². The summed E-state index contributed by atoms with van der Waals surface area (Å²) in [6, 6.07) is 0. The molecule has 0 saturated carbocycles. The molecule has 1 aromatic rings. The Morgan fingerprint density at radius 3 is 2.64 bits per heavy atom. The largest absolute Gasteiger partial charge is 0.267 e. The van der Waals surface area contributed by atoms with Gasteiger partial charge in [0, 0.05) is 12.4 Å². The first-order valence-electron chi connectivity index (χ1n) is 4.50. The summed E-state index contributed by atoms with van der Waals surface area (Å²) in [4.78, 5) is 0. The summed E-state index contributed by atoms with van der Waals surface area (Å²) in [6.45, 7) is 4.38. The van der Waals surface area contributed by atoms with Gasteiger partial charge in [0.15, 0.2) is 0 Å². The van der Waals surface area contributed by atoms with Gasteiger partial charge in [0.1, 0.15) is 0 Å². The number of aryl methyl sites for hydroxylation is 1. The van der Waals surface area contributed by atoms with Crippen LogP contribution in [-0.2, 0) is 7.05 Å². The van der Waals surface area contributed by atoms with Gasteiger partial charge >= 0.3 is 0 Å². The predicted octanol–water partition coefficient (Wildman–Crippen LogP) is 3.62. The highest BCUT2D eigenvalue weighted by Crippen LogP contribution is 2.22. The summed E-state index contributed by atoms with van der Waals surface area (Å²) >= 11 is 6.98. The lowest BCUT2D eigenvalue weighted by molar-refractivity contribution is 0.750. The molecule has 0 radical (unpaired) electrons. The number of rotatable bonds is 3. The van der Waals surface area contributed by atoms with Gasteiger partial charge in [-0.25, -0.2) is 0 Å². The van der Waals surface area contributed by atoms with E-state index in [-0.39, 0.29) is 0 Å². The minimum absolute atomic E-state index is 0.552. The van der Waals surface area contributed by atoms with Gasteiger partial charge in [-0.15, -0.1) is 0 Å². The van der Waals surface area contributed by atoms with Crippen LogP contribution in [0.2, 0.25) is 0 Å². The molecule has 0 fully saturated rings. The van der Waals surface area contributed by atoms with E-state index in [0.29, 0.717) is 5.92 Å². The summed E-state index contributed by atoms with van der Waals surface area (Å²) < 4.78 is 2.91. The first-order chi connectivity index (χ1) is 6.56. The van der Waals surface area contributed by atoms with Crippen molar-refractivity contribution >= 4 is 37.9 Å². The molecule has 0 aromatic carbocycles. The number of nitrogens with zero attached hydrogens (tertiary/aromatic N) is 2. The first-order valence-corrected chi connectivity index (χ1v) is 6.41. The zero-order valence-corrected chi connectivity index (χ0v) is 11.8. The molecule has 0 aliphatic rings. The van der Waals surface area contributed by atoms with Crippen LogP contribution < -0.4 is 0 Å². The third-order valence-corrected chi connectivity index (χ3v) is 3.41. The molecule has 0 N–H and O–H groups in total. The predicted molar refractivity (Wildman–Crippen MR) is 67.5 cm³/mol. The number of allylic oxidation sites excluding steroid dienone is 1. The Hall–Kier alpha value is -0.0900. The van der Waals surface area contributed by atoms with Crippen LogP contribution in [0.15, 0.2) is 16.2 Å². The highest BCUT2D eigenvalue weighted by atomic mass is 79.9. The van der Waals surface area contributed by atoms with Crippen molar-refractivity contribution in [3.8, 4) is 0 Å². The van der Waals surface area contributed by atoms with Crippen LogP contribution in [0, 0.1) is 5.92 Å². The van der Waals surface area contributed by atoms with Crippen LogP contribution in [0.1, 0.15) is 19.5 Å². The van der Waals surface area contributed by atoms with E-state index in [1.165, 1.54) is 5.57 Å². The molecule has 0 unspecified atom stereocenters. The number of aromatic nitrogens is 2. The fourth-order valence-electron chi connectivity index (χ4n) is 1.12. The monoisotopic (exact) mass is 320 g/mol. The van der Waals surface area contributed by atoms with E-state index in [0.717, 1.165) is 15.5 Å². The van der Waals surface area contributed by atoms with Crippen molar-refractivity contribution in [1.82, 2.24) is 9.78 Å². The normalized spacial score (nSPS) is 12.6. The highest BCUT2D eigenvalue weighted by molar-refractivity contribution is 9.10.